The summed E-state index contributed by atoms with van der Waals surface area (Å²) in [7, 11) is 0. The first-order chi connectivity index (χ1) is 16.6. The van der Waals surface area contributed by atoms with Crippen molar-refractivity contribution in [3.63, 3.8) is 0 Å². The molecular formula is C25H21N5O4. The Labute approximate surface area is 194 Å². The molecule has 3 heterocycles. The predicted molar refractivity (Wildman–Crippen MR) is 127 cm³/mol. The number of aromatic amines is 1. The Morgan fingerprint density at radius 3 is 2.74 bits per heavy atom. The molecule has 34 heavy (non-hydrogen) atoms. The van der Waals surface area contributed by atoms with Crippen LogP contribution in [0, 0.1) is 0 Å². The van der Waals surface area contributed by atoms with Gasteiger partial charge in [0.15, 0.2) is 12.4 Å². The van der Waals surface area contributed by atoms with E-state index >= 15 is 0 Å². The lowest BCUT2D eigenvalue weighted by atomic mass is 10.1. The number of rotatable bonds is 7. The summed E-state index contributed by atoms with van der Waals surface area (Å²) in [5.74, 6) is 1.20. The van der Waals surface area contributed by atoms with Crippen LogP contribution in [-0.2, 0) is 11.2 Å². The van der Waals surface area contributed by atoms with Gasteiger partial charge in [0, 0.05) is 17.8 Å². The fourth-order valence-corrected chi connectivity index (χ4v) is 3.54. The maximum absolute atomic E-state index is 12.7. The third-order valence-electron chi connectivity index (χ3n) is 5.19. The summed E-state index contributed by atoms with van der Waals surface area (Å²) < 4.78 is 12.5. The second-order valence-corrected chi connectivity index (χ2v) is 7.56. The molecule has 0 spiro atoms. The lowest BCUT2D eigenvalue weighted by Crippen LogP contribution is -2.23. The maximum atomic E-state index is 12.7. The van der Waals surface area contributed by atoms with Crippen LogP contribution in [-0.4, -0.2) is 32.3 Å². The van der Waals surface area contributed by atoms with Crippen LogP contribution < -0.4 is 15.6 Å². The van der Waals surface area contributed by atoms with E-state index in [9.17, 15) is 9.59 Å². The van der Waals surface area contributed by atoms with E-state index in [1.807, 2.05) is 49.4 Å². The lowest BCUT2D eigenvalue weighted by molar-refractivity contribution is -0.118. The van der Waals surface area contributed by atoms with E-state index < -0.39 is 5.91 Å². The van der Waals surface area contributed by atoms with Crippen molar-refractivity contribution in [2.24, 2.45) is 0 Å². The fourth-order valence-electron chi connectivity index (χ4n) is 3.54. The van der Waals surface area contributed by atoms with Crippen LogP contribution in [0.5, 0.6) is 5.75 Å². The van der Waals surface area contributed by atoms with Crippen LogP contribution in [0.1, 0.15) is 12.6 Å². The molecule has 170 valence electrons. The van der Waals surface area contributed by atoms with Crippen molar-refractivity contribution < 1.29 is 13.9 Å². The number of nitrogens with zero attached hydrogens (tertiary/aromatic N) is 3. The molecule has 0 bridgehead atoms. The zero-order valence-corrected chi connectivity index (χ0v) is 18.3. The molecule has 0 aliphatic heterocycles. The van der Waals surface area contributed by atoms with Crippen molar-refractivity contribution in [2.45, 2.75) is 13.3 Å². The predicted octanol–water partition coefficient (Wildman–Crippen LogP) is 3.95. The molecule has 9 heteroatoms. The van der Waals surface area contributed by atoms with E-state index in [4.69, 9.17) is 9.15 Å². The average molecular weight is 455 g/mol. The monoisotopic (exact) mass is 455 g/mol. The largest absolute Gasteiger partial charge is 0.484 e. The Bertz CT molecular complexity index is 1520. The molecule has 1 amide bonds. The second kappa shape index (κ2) is 9.07. The summed E-state index contributed by atoms with van der Waals surface area (Å²) in [6, 6.07) is 20.1. The summed E-state index contributed by atoms with van der Waals surface area (Å²) in [5, 5.41) is 9.38. The Morgan fingerprint density at radius 2 is 1.94 bits per heavy atom. The van der Waals surface area contributed by atoms with Gasteiger partial charge >= 0.3 is 0 Å². The second-order valence-electron chi connectivity index (χ2n) is 7.56. The molecular weight excluding hydrogens is 434 g/mol. The minimum Gasteiger partial charge on any atom is -0.484 e. The van der Waals surface area contributed by atoms with Gasteiger partial charge in [-0.05, 0) is 41.5 Å². The zero-order valence-electron chi connectivity index (χ0n) is 18.3. The first-order valence-corrected chi connectivity index (χ1v) is 10.7. The Hall–Kier alpha value is -4.66. The van der Waals surface area contributed by atoms with Crippen LogP contribution >= 0.6 is 0 Å². The van der Waals surface area contributed by atoms with Crippen molar-refractivity contribution >= 4 is 22.5 Å². The van der Waals surface area contributed by atoms with E-state index in [1.54, 1.807) is 18.2 Å². The van der Waals surface area contributed by atoms with Gasteiger partial charge in [-0.25, -0.2) is 4.98 Å². The Kier molecular flexibility index (Phi) is 5.65. The number of hydrogen-bond donors (Lipinski definition) is 2. The molecule has 9 nitrogen and oxygen atoms in total. The van der Waals surface area contributed by atoms with Gasteiger partial charge in [0.1, 0.15) is 17.3 Å². The molecule has 0 atom stereocenters. The summed E-state index contributed by atoms with van der Waals surface area (Å²) in [4.78, 5) is 31.9. The number of carbonyl (C=O) groups excluding carboxylic acids is 1. The summed E-state index contributed by atoms with van der Waals surface area (Å²) >= 11 is 0. The van der Waals surface area contributed by atoms with Crippen molar-refractivity contribution in [2.75, 3.05) is 11.9 Å². The van der Waals surface area contributed by atoms with Crippen LogP contribution in [0.4, 0.5) is 5.82 Å². The molecule has 5 aromatic rings. The summed E-state index contributed by atoms with van der Waals surface area (Å²) in [5.41, 5.74) is 0.764. The SMILES string of the molecule is CCc1cc(=O)[nH]c(-n2nc(-c3ccco3)cc2NC(=O)COc2ccc3ccccc3c2)n1. The van der Waals surface area contributed by atoms with Crippen molar-refractivity contribution in [1.29, 1.82) is 0 Å². The standard InChI is InChI=1S/C25H21N5O4/c1-2-18-13-23(31)28-25(26-18)30-22(14-20(29-30)21-8-5-11-33-21)27-24(32)15-34-19-10-9-16-6-3-4-7-17(16)12-19/h3-14H,2,15H2,1H3,(H,27,32)(H,26,28,31). The first-order valence-electron chi connectivity index (χ1n) is 10.7. The van der Waals surface area contributed by atoms with E-state index in [2.05, 4.69) is 20.4 Å². The van der Waals surface area contributed by atoms with Crippen molar-refractivity contribution in [1.82, 2.24) is 19.7 Å². The van der Waals surface area contributed by atoms with E-state index in [1.165, 1.54) is 17.0 Å². The van der Waals surface area contributed by atoms with E-state index in [0.717, 1.165) is 10.8 Å². The molecule has 0 saturated carbocycles. The number of amides is 1. The van der Waals surface area contributed by atoms with Gasteiger partial charge in [0.2, 0.25) is 5.95 Å². The zero-order chi connectivity index (χ0) is 23.5. The van der Waals surface area contributed by atoms with Gasteiger partial charge in [0.25, 0.3) is 11.5 Å². The average Bonchev–Trinajstić information content (AvgIpc) is 3.52. The number of aromatic nitrogens is 4. The molecule has 0 aliphatic carbocycles. The van der Waals surface area contributed by atoms with E-state index in [-0.39, 0.29) is 18.1 Å². The fraction of sp³-hybridized carbons (Fsp3) is 0.120. The number of ether oxygens (including phenoxy) is 1. The smallest absolute Gasteiger partial charge is 0.263 e. The Balaban J connectivity index is 1.40. The molecule has 0 unspecified atom stereocenters. The number of benzene rings is 2. The number of fused-ring (bicyclic) bond motifs is 1. The number of carbonyl (C=O) groups is 1. The molecule has 0 fully saturated rings. The quantitative estimate of drug-likeness (QED) is 0.384. The highest BCUT2D eigenvalue weighted by Crippen LogP contribution is 2.24. The molecule has 0 aliphatic rings. The van der Waals surface area contributed by atoms with Crippen LogP contribution in [0.25, 0.3) is 28.2 Å². The number of anilines is 1. The topological polar surface area (TPSA) is 115 Å². The van der Waals surface area contributed by atoms with Gasteiger partial charge in [-0.1, -0.05) is 37.3 Å². The van der Waals surface area contributed by atoms with Gasteiger partial charge in [-0.2, -0.15) is 9.78 Å². The van der Waals surface area contributed by atoms with Gasteiger partial charge in [0.05, 0.1) is 6.26 Å². The van der Waals surface area contributed by atoms with Crippen molar-refractivity contribution in [3.05, 3.63) is 89.0 Å². The van der Waals surface area contributed by atoms with Gasteiger partial charge < -0.3 is 14.5 Å². The molecule has 2 aromatic carbocycles. The number of nitrogens with one attached hydrogen (secondary N) is 2. The van der Waals surface area contributed by atoms with Crippen LogP contribution in [0.3, 0.4) is 0 Å². The number of H-pyrrole nitrogens is 1. The highest BCUT2D eigenvalue weighted by molar-refractivity contribution is 5.92. The molecule has 2 N–H and O–H groups in total. The van der Waals surface area contributed by atoms with E-state index in [0.29, 0.717) is 35.1 Å². The number of hydrogen-bond acceptors (Lipinski definition) is 6. The minimum absolute atomic E-state index is 0.188. The van der Waals surface area contributed by atoms with Gasteiger partial charge in [-0.15, -0.1) is 0 Å². The molecule has 0 radical (unpaired) electrons. The molecule has 5 rings (SSSR count). The van der Waals surface area contributed by atoms with Crippen LogP contribution in [0.2, 0.25) is 0 Å². The number of aryl methyl sites for hydroxylation is 1. The molecule has 0 saturated heterocycles. The summed E-state index contributed by atoms with van der Waals surface area (Å²) in [6.07, 6.45) is 2.10. The third kappa shape index (κ3) is 4.44. The van der Waals surface area contributed by atoms with Crippen LogP contribution in [0.15, 0.2) is 82.2 Å². The first kappa shape index (κ1) is 21.2. The third-order valence-corrected chi connectivity index (χ3v) is 5.19. The number of furan rings is 1. The summed E-state index contributed by atoms with van der Waals surface area (Å²) in [6.45, 7) is 1.69. The van der Waals surface area contributed by atoms with Gasteiger partial charge in [-0.3, -0.25) is 14.6 Å². The minimum atomic E-state index is -0.394. The highest BCUT2D eigenvalue weighted by atomic mass is 16.5. The van der Waals surface area contributed by atoms with Crippen molar-refractivity contribution in [3.8, 4) is 23.2 Å². The Morgan fingerprint density at radius 1 is 1.09 bits per heavy atom. The highest BCUT2D eigenvalue weighted by Gasteiger charge is 2.17. The normalized spacial score (nSPS) is 11.0. The lowest BCUT2D eigenvalue weighted by Gasteiger charge is -2.10. The molecule has 3 aromatic heterocycles. The maximum Gasteiger partial charge on any atom is 0.263 e.